The van der Waals surface area contributed by atoms with Crippen LogP contribution in [0.4, 0.5) is 0 Å². The van der Waals surface area contributed by atoms with Crippen LogP contribution in [-0.4, -0.2) is 53.2 Å². The van der Waals surface area contributed by atoms with Crippen LogP contribution in [0.5, 0.6) is 11.5 Å². The Morgan fingerprint density at radius 2 is 1.94 bits per heavy atom. The third kappa shape index (κ3) is 4.03. The molecule has 2 saturated heterocycles. The molecular formula is C23H21Cl2NO6. The zero-order valence-corrected chi connectivity index (χ0v) is 18.7. The Bertz CT molecular complexity index is 1090. The molecule has 0 aliphatic carbocycles. The molecule has 32 heavy (non-hydrogen) atoms. The summed E-state index contributed by atoms with van der Waals surface area (Å²) in [5, 5.41) is 21.3. The number of carbonyl (C=O) groups is 2. The molecular weight excluding hydrogens is 457 g/mol. The van der Waals surface area contributed by atoms with Crippen molar-refractivity contribution in [3.8, 4) is 11.5 Å². The third-order valence-corrected chi connectivity index (χ3v) is 6.14. The van der Waals surface area contributed by atoms with Crippen molar-refractivity contribution in [1.29, 1.82) is 0 Å². The Labute approximate surface area is 194 Å². The number of hydrogen-bond acceptors (Lipinski definition) is 6. The zero-order chi connectivity index (χ0) is 23.0. The van der Waals surface area contributed by atoms with Crippen LogP contribution in [0.25, 0.3) is 5.76 Å². The van der Waals surface area contributed by atoms with E-state index >= 15 is 0 Å². The van der Waals surface area contributed by atoms with Crippen LogP contribution in [0.2, 0.25) is 10.0 Å². The maximum Gasteiger partial charge on any atom is 0.295 e. The van der Waals surface area contributed by atoms with E-state index in [9.17, 15) is 19.8 Å². The minimum Gasteiger partial charge on any atom is -0.508 e. The van der Waals surface area contributed by atoms with Gasteiger partial charge in [-0.25, -0.2) is 0 Å². The number of nitrogens with zero attached hydrogens (tertiary/aromatic N) is 1. The summed E-state index contributed by atoms with van der Waals surface area (Å²) in [7, 11) is 1.37. The second kappa shape index (κ2) is 9.02. The smallest absolute Gasteiger partial charge is 0.295 e. The molecule has 4 rings (SSSR count). The summed E-state index contributed by atoms with van der Waals surface area (Å²) in [6.07, 6.45) is 1.43. The summed E-state index contributed by atoms with van der Waals surface area (Å²) in [6.45, 7) is 0.789. The lowest BCUT2D eigenvalue weighted by Gasteiger charge is -2.27. The number of methoxy groups -OCH3 is 1. The molecule has 0 saturated carbocycles. The molecule has 2 atom stereocenters. The number of amides is 1. The number of aliphatic hydroxyl groups is 1. The summed E-state index contributed by atoms with van der Waals surface area (Å²) in [6, 6.07) is 8.10. The van der Waals surface area contributed by atoms with Crippen molar-refractivity contribution in [2.24, 2.45) is 0 Å². The molecule has 1 amide bonds. The Kier molecular flexibility index (Phi) is 6.33. The Morgan fingerprint density at radius 1 is 1.22 bits per heavy atom. The fourth-order valence-corrected chi connectivity index (χ4v) is 4.74. The summed E-state index contributed by atoms with van der Waals surface area (Å²) < 4.78 is 11.0. The number of likely N-dealkylation sites (tertiary alicyclic amines) is 1. The first-order chi connectivity index (χ1) is 15.3. The van der Waals surface area contributed by atoms with E-state index < -0.39 is 23.5 Å². The minimum atomic E-state index is -0.887. The third-order valence-electron chi connectivity index (χ3n) is 5.64. The van der Waals surface area contributed by atoms with E-state index in [0.717, 1.165) is 12.8 Å². The predicted octanol–water partition coefficient (Wildman–Crippen LogP) is 4.31. The summed E-state index contributed by atoms with van der Waals surface area (Å²) in [5.74, 6) is -1.86. The predicted molar refractivity (Wildman–Crippen MR) is 119 cm³/mol. The first kappa shape index (κ1) is 22.5. The van der Waals surface area contributed by atoms with E-state index in [1.165, 1.54) is 36.3 Å². The van der Waals surface area contributed by atoms with E-state index in [-0.39, 0.29) is 45.3 Å². The molecule has 2 N–H and O–H groups in total. The fourth-order valence-electron chi connectivity index (χ4n) is 4.17. The number of halogens is 2. The molecule has 0 spiro atoms. The van der Waals surface area contributed by atoms with Crippen molar-refractivity contribution in [3.63, 3.8) is 0 Å². The highest BCUT2D eigenvalue weighted by Crippen LogP contribution is 2.43. The highest BCUT2D eigenvalue weighted by atomic mass is 35.5. The SMILES string of the molecule is COc1c(Cl)cc(Cl)cc1/C(O)=C1\C(=O)C(=O)N(CC2CCCO2)C1c1ccc(O)cc1. The number of phenols is 1. The number of aromatic hydroxyl groups is 1. The highest BCUT2D eigenvalue weighted by Gasteiger charge is 2.47. The normalized spacial score (nSPS) is 22.5. The first-order valence-electron chi connectivity index (χ1n) is 10.0. The van der Waals surface area contributed by atoms with E-state index in [2.05, 4.69) is 0 Å². The minimum absolute atomic E-state index is 0.0353. The van der Waals surface area contributed by atoms with Crippen molar-refractivity contribution >= 4 is 40.7 Å². The van der Waals surface area contributed by atoms with Gasteiger partial charge in [-0.3, -0.25) is 9.59 Å². The van der Waals surface area contributed by atoms with Crippen molar-refractivity contribution in [1.82, 2.24) is 4.90 Å². The van der Waals surface area contributed by atoms with Gasteiger partial charge in [0.2, 0.25) is 0 Å². The topological polar surface area (TPSA) is 96.3 Å². The highest BCUT2D eigenvalue weighted by molar-refractivity contribution is 6.46. The Morgan fingerprint density at radius 3 is 2.56 bits per heavy atom. The molecule has 168 valence electrons. The van der Waals surface area contributed by atoms with E-state index in [4.69, 9.17) is 32.7 Å². The average molecular weight is 478 g/mol. The van der Waals surface area contributed by atoms with Gasteiger partial charge in [0.05, 0.1) is 35.4 Å². The lowest BCUT2D eigenvalue weighted by atomic mass is 9.94. The second-order valence-corrected chi connectivity index (χ2v) is 8.49. The summed E-state index contributed by atoms with van der Waals surface area (Å²) >= 11 is 12.3. The van der Waals surface area contributed by atoms with E-state index in [1.807, 2.05) is 0 Å². The molecule has 2 fully saturated rings. The average Bonchev–Trinajstić information content (AvgIpc) is 3.36. The van der Waals surface area contributed by atoms with Gasteiger partial charge in [-0.05, 0) is 42.7 Å². The first-order valence-corrected chi connectivity index (χ1v) is 10.8. The number of hydrogen-bond donors (Lipinski definition) is 2. The lowest BCUT2D eigenvalue weighted by Crippen LogP contribution is -2.36. The number of aliphatic hydroxyl groups excluding tert-OH is 1. The maximum atomic E-state index is 13.1. The molecule has 2 aromatic rings. The zero-order valence-electron chi connectivity index (χ0n) is 17.2. The number of phenolic OH excluding ortho intramolecular Hbond substituents is 1. The van der Waals surface area contributed by atoms with Crippen LogP contribution >= 0.6 is 23.2 Å². The van der Waals surface area contributed by atoms with Gasteiger partial charge in [0, 0.05) is 18.2 Å². The van der Waals surface area contributed by atoms with Gasteiger partial charge in [0.15, 0.2) is 0 Å². The molecule has 0 aromatic heterocycles. The van der Waals surface area contributed by atoms with Crippen molar-refractivity contribution in [3.05, 3.63) is 63.1 Å². The van der Waals surface area contributed by atoms with Crippen molar-refractivity contribution < 1.29 is 29.3 Å². The molecule has 2 unspecified atom stereocenters. The monoisotopic (exact) mass is 477 g/mol. The number of ether oxygens (including phenoxy) is 2. The molecule has 2 aliphatic heterocycles. The summed E-state index contributed by atoms with van der Waals surface area (Å²) in [5.41, 5.74) is 0.535. The van der Waals surface area contributed by atoms with Crippen molar-refractivity contribution in [2.75, 3.05) is 20.3 Å². The quantitative estimate of drug-likeness (QED) is 0.378. The number of ketones is 1. The fraction of sp³-hybridized carbons (Fsp3) is 0.304. The molecule has 9 heteroatoms. The standard InChI is InChI=1S/C23H21Cl2NO6/c1-31-22-16(9-13(24)10-17(22)25)20(28)18-19(12-4-6-14(27)7-5-12)26(23(30)21(18)29)11-15-3-2-8-32-15/h4-7,9-10,15,19,27-28H,2-3,8,11H2,1H3/b20-18+. The maximum absolute atomic E-state index is 13.1. The van der Waals surface area contributed by atoms with Gasteiger partial charge in [0.25, 0.3) is 11.7 Å². The Balaban J connectivity index is 1.89. The largest absolute Gasteiger partial charge is 0.508 e. The van der Waals surface area contributed by atoms with Crippen LogP contribution in [0.3, 0.4) is 0 Å². The van der Waals surface area contributed by atoms with E-state index in [1.54, 1.807) is 12.1 Å². The molecule has 0 bridgehead atoms. The number of benzene rings is 2. The number of carbonyl (C=O) groups excluding carboxylic acids is 2. The molecule has 7 nitrogen and oxygen atoms in total. The van der Waals surface area contributed by atoms with Crippen LogP contribution in [-0.2, 0) is 14.3 Å². The second-order valence-electron chi connectivity index (χ2n) is 7.65. The van der Waals surface area contributed by atoms with Gasteiger partial charge >= 0.3 is 0 Å². The molecule has 2 heterocycles. The number of Topliss-reactive ketones (excluding diaryl/α,β-unsaturated/α-hetero) is 1. The van der Waals surface area contributed by atoms with Gasteiger partial charge in [-0.2, -0.15) is 0 Å². The summed E-state index contributed by atoms with van der Waals surface area (Å²) in [4.78, 5) is 27.5. The molecule has 2 aromatic carbocycles. The van der Waals surface area contributed by atoms with Crippen LogP contribution in [0, 0.1) is 0 Å². The Hall–Kier alpha value is -2.74. The van der Waals surface area contributed by atoms with Crippen molar-refractivity contribution in [2.45, 2.75) is 25.0 Å². The van der Waals surface area contributed by atoms with Crippen LogP contribution in [0.1, 0.15) is 30.0 Å². The van der Waals surface area contributed by atoms with Gasteiger partial charge in [-0.15, -0.1) is 0 Å². The van der Waals surface area contributed by atoms with Gasteiger partial charge in [0.1, 0.15) is 17.3 Å². The van der Waals surface area contributed by atoms with Crippen LogP contribution < -0.4 is 4.74 Å². The van der Waals surface area contributed by atoms with Gasteiger partial charge in [-0.1, -0.05) is 35.3 Å². The molecule has 0 radical (unpaired) electrons. The lowest BCUT2D eigenvalue weighted by molar-refractivity contribution is -0.140. The van der Waals surface area contributed by atoms with E-state index in [0.29, 0.717) is 12.2 Å². The molecule has 2 aliphatic rings. The van der Waals surface area contributed by atoms with Gasteiger partial charge < -0.3 is 24.6 Å². The number of rotatable bonds is 5. The van der Waals surface area contributed by atoms with Crippen LogP contribution in [0.15, 0.2) is 42.0 Å².